The fourth-order valence-corrected chi connectivity index (χ4v) is 6.80. The molecule has 0 aliphatic carbocycles. The lowest BCUT2D eigenvalue weighted by Gasteiger charge is -2.42. The average Bonchev–Trinajstić information content (AvgIpc) is 2.89. The number of likely N-dealkylation sites (N-methyl/N-ethyl adjacent to an activating group) is 1. The van der Waals surface area contributed by atoms with Gasteiger partial charge in [0.1, 0.15) is 5.82 Å². The molecule has 4 rings (SSSR count). The van der Waals surface area contributed by atoms with E-state index in [1.165, 1.54) is 39.5 Å². The van der Waals surface area contributed by atoms with Gasteiger partial charge in [0.25, 0.3) is 0 Å². The highest BCUT2D eigenvalue weighted by Gasteiger charge is 2.40. The van der Waals surface area contributed by atoms with Crippen LogP contribution in [0.1, 0.15) is 32.4 Å². The number of carbonyl (C=O) groups is 2. The van der Waals surface area contributed by atoms with Gasteiger partial charge in [0.15, 0.2) is 0 Å². The van der Waals surface area contributed by atoms with Gasteiger partial charge in [0.2, 0.25) is 10.0 Å². The number of carbonyl (C=O) groups excluding carboxylic acids is 2. The molecule has 0 spiro atoms. The van der Waals surface area contributed by atoms with Gasteiger partial charge in [-0.3, -0.25) is 9.80 Å². The highest BCUT2D eigenvalue weighted by Crippen LogP contribution is 2.33. The van der Waals surface area contributed by atoms with Gasteiger partial charge in [-0.2, -0.15) is 4.31 Å². The number of hydrogen-bond donors (Lipinski definition) is 1. The first-order valence-corrected chi connectivity index (χ1v) is 14.6. The predicted octanol–water partition coefficient (Wildman–Crippen LogP) is 3.78. The van der Waals surface area contributed by atoms with Crippen molar-refractivity contribution in [1.82, 2.24) is 19.4 Å². The number of sulfonamides is 1. The first kappa shape index (κ1) is 29.0. The fourth-order valence-electron chi connectivity index (χ4n) is 5.06. The number of benzene rings is 2. The molecule has 2 aromatic carbocycles. The maximum absolute atomic E-state index is 14.1. The minimum absolute atomic E-state index is 0.129. The smallest absolute Gasteiger partial charge is 0.338 e. The van der Waals surface area contributed by atoms with Crippen molar-refractivity contribution in [3.8, 4) is 0 Å². The lowest BCUT2D eigenvalue weighted by molar-refractivity contribution is -0.139. The third-order valence-corrected chi connectivity index (χ3v) is 9.16. The van der Waals surface area contributed by atoms with E-state index in [1.807, 2.05) is 11.8 Å². The summed E-state index contributed by atoms with van der Waals surface area (Å²) in [5, 5.41) is 3.27. The molecule has 0 unspecified atom stereocenters. The van der Waals surface area contributed by atoms with Gasteiger partial charge in [0, 0.05) is 49.5 Å². The van der Waals surface area contributed by atoms with E-state index in [0.29, 0.717) is 35.9 Å². The Balaban J connectivity index is 1.65. The number of nitrogens with zero attached hydrogens (tertiary/aromatic N) is 3. The summed E-state index contributed by atoms with van der Waals surface area (Å²) >= 11 is 5.93. The molecular formula is C27H32ClFN4O5S. The van der Waals surface area contributed by atoms with Crippen LogP contribution in [0.25, 0.3) is 0 Å². The zero-order valence-corrected chi connectivity index (χ0v) is 23.6. The topological polar surface area (TPSA) is 99.3 Å². The van der Waals surface area contributed by atoms with Crippen molar-refractivity contribution >= 4 is 33.6 Å². The fraction of sp³-hybridized carbons (Fsp3) is 0.407. The number of piperazine rings is 1. The highest BCUT2D eigenvalue weighted by atomic mass is 35.5. The summed E-state index contributed by atoms with van der Waals surface area (Å²) in [6.07, 6.45) is 0. The van der Waals surface area contributed by atoms with E-state index < -0.39 is 33.9 Å². The molecule has 0 bridgehead atoms. The maximum atomic E-state index is 14.1. The molecule has 0 radical (unpaired) electrons. The zero-order valence-electron chi connectivity index (χ0n) is 22.1. The molecule has 2 aliphatic heterocycles. The van der Waals surface area contributed by atoms with Crippen molar-refractivity contribution in [2.45, 2.75) is 37.8 Å². The average molecular weight is 579 g/mol. The predicted molar refractivity (Wildman–Crippen MR) is 145 cm³/mol. The van der Waals surface area contributed by atoms with Crippen molar-refractivity contribution in [1.29, 1.82) is 0 Å². The van der Waals surface area contributed by atoms with Crippen LogP contribution in [0.5, 0.6) is 0 Å². The van der Waals surface area contributed by atoms with Crippen LogP contribution in [0, 0.1) is 5.82 Å². The molecule has 2 atom stereocenters. The minimum Gasteiger partial charge on any atom is -0.463 e. The van der Waals surface area contributed by atoms with Crippen LogP contribution in [-0.4, -0.2) is 79.9 Å². The Hall–Kier alpha value is -2.99. The van der Waals surface area contributed by atoms with E-state index in [0.717, 1.165) is 0 Å². The van der Waals surface area contributed by atoms with Crippen LogP contribution in [-0.2, 0) is 19.6 Å². The molecular weight excluding hydrogens is 547 g/mol. The SMILES string of the molecule is CCOC(=O)C1=C(CN2CCN(S(=O)(=O)c3ccc(Cl)cc3)[C@H](C)C2)N(CC)C(=O)N[C@H]1c1cccc(F)c1. The Bertz CT molecular complexity index is 1370. The summed E-state index contributed by atoms with van der Waals surface area (Å²) in [5.74, 6) is -1.09. The molecule has 12 heteroatoms. The second-order valence-corrected chi connectivity index (χ2v) is 11.7. The number of ether oxygens (including phenoxy) is 1. The number of rotatable bonds is 8. The van der Waals surface area contributed by atoms with E-state index >= 15 is 0 Å². The van der Waals surface area contributed by atoms with Gasteiger partial charge in [-0.05, 0) is 62.7 Å². The van der Waals surface area contributed by atoms with Gasteiger partial charge < -0.3 is 10.1 Å². The normalized spacial score (nSPS) is 21.2. The maximum Gasteiger partial charge on any atom is 0.338 e. The number of halogens is 2. The third kappa shape index (κ3) is 6.11. The Morgan fingerprint density at radius 3 is 2.49 bits per heavy atom. The summed E-state index contributed by atoms with van der Waals surface area (Å²) in [6, 6.07) is 10.1. The van der Waals surface area contributed by atoms with Crippen molar-refractivity contribution in [2.75, 3.05) is 39.3 Å². The zero-order chi connectivity index (χ0) is 28.3. The number of hydrogen-bond acceptors (Lipinski definition) is 6. The quantitative estimate of drug-likeness (QED) is 0.479. The van der Waals surface area contributed by atoms with Crippen LogP contribution >= 0.6 is 11.6 Å². The van der Waals surface area contributed by atoms with Crippen LogP contribution in [0.3, 0.4) is 0 Å². The lowest BCUT2D eigenvalue weighted by Crippen LogP contribution is -2.56. The summed E-state index contributed by atoms with van der Waals surface area (Å²) in [5.41, 5.74) is 1.11. The monoisotopic (exact) mass is 578 g/mol. The van der Waals surface area contributed by atoms with Crippen LogP contribution in [0.15, 0.2) is 64.7 Å². The van der Waals surface area contributed by atoms with Crippen molar-refractivity contribution in [3.05, 3.63) is 76.2 Å². The first-order valence-electron chi connectivity index (χ1n) is 12.8. The molecule has 9 nitrogen and oxygen atoms in total. The van der Waals surface area contributed by atoms with Gasteiger partial charge in [-0.25, -0.2) is 22.4 Å². The summed E-state index contributed by atoms with van der Waals surface area (Å²) in [4.78, 5) is 30.0. The molecule has 210 valence electrons. The van der Waals surface area contributed by atoms with E-state index in [-0.39, 0.29) is 36.2 Å². The van der Waals surface area contributed by atoms with Gasteiger partial charge in [-0.15, -0.1) is 0 Å². The third-order valence-electron chi connectivity index (χ3n) is 6.88. The molecule has 1 fully saturated rings. The second kappa shape index (κ2) is 12.0. The molecule has 2 heterocycles. The van der Waals surface area contributed by atoms with E-state index in [2.05, 4.69) is 5.32 Å². The van der Waals surface area contributed by atoms with Gasteiger partial charge in [-0.1, -0.05) is 23.7 Å². The standard InChI is InChI=1S/C27H32ClFN4O5S/c1-4-32-23(24(26(34)38-5-2)25(30-27(32)35)19-7-6-8-21(29)15-19)17-31-13-14-33(18(3)16-31)39(36,37)22-11-9-20(28)10-12-22/h6-12,15,18,25H,4-5,13-14,16-17H2,1-3H3,(H,30,35)/t18-,25+/m1/s1. The molecule has 2 aliphatic rings. The van der Waals surface area contributed by atoms with Crippen molar-refractivity contribution in [2.24, 2.45) is 0 Å². The Morgan fingerprint density at radius 2 is 1.87 bits per heavy atom. The van der Waals surface area contributed by atoms with Crippen molar-refractivity contribution in [3.63, 3.8) is 0 Å². The molecule has 0 saturated carbocycles. The first-order chi connectivity index (χ1) is 18.6. The summed E-state index contributed by atoms with van der Waals surface area (Å²) < 4.78 is 47.5. The number of nitrogens with one attached hydrogen (secondary N) is 1. The molecule has 2 aromatic rings. The Kier molecular flexibility index (Phi) is 8.95. The number of urea groups is 1. The van der Waals surface area contributed by atoms with E-state index in [1.54, 1.807) is 32.0 Å². The highest BCUT2D eigenvalue weighted by molar-refractivity contribution is 7.89. The minimum atomic E-state index is -3.74. The van der Waals surface area contributed by atoms with Gasteiger partial charge >= 0.3 is 12.0 Å². The van der Waals surface area contributed by atoms with Crippen LogP contribution in [0.4, 0.5) is 9.18 Å². The van der Waals surface area contributed by atoms with E-state index in [4.69, 9.17) is 16.3 Å². The molecule has 0 aromatic heterocycles. The molecule has 39 heavy (non-hydrogen) atoms. The van der Waals surface area contributed by atoms with Crippen LogP contribution in [0.2, 0.25) is 5.02 Å². The Labute approximate surface area is 233 Å². The number of amides is 2. The number of esters is 1. The largest absolute Gasteiger partial charge is 0.463 e. The summed E-state index contributed by atoms with van der Waals surface area (Å²) in [6.45, 7) is 6.91. The Morgan fingerprint density at radius 1 is 1.15 bits per heavy atom. The van der Waals surface area contributed by atoms with Gasteiger partial charge in [0.05, 0.1) is 23.1 Å². The van der Waals surface area contributed by atoms with Crippen molar-refractivity contribution < 1.29 is 27.1 Å². The second-order valence-electron chi connectivity index (χ2n) is 9.42. The lowest BCUT2D eigenvalue weighted by atomic mass is 9.94. The molecule has 1 saturated heterocycles. The van der Waals surface area contributed by atoms with Crippen LogP contribution < -0.4 is 5.32 Å². The summed E-state index contributed by atoms with van der Waals surface area (Å²) in [7, 11) is -3.74. The molecule has 1 N–H and O–H groups in total. The molecule has 2 amide bonds. The van der Waals surface area contributed by atoms with E-state index in [9.17, 15) is 22.4 Å².